The molecule has 4 aliphatic rings. The van der Waals surface area contributed by atoms with E-state index in [1.165, 1.54) is 40.5 Å². The number of ether oxygens (including phenoxy) is 6. The van der Waals surface area contributed by atoms with Crippen molar-refractivity contribution < 1.29 is 38.3 Å². The Hall–Kier alpha value is -5.44. The zero-order chi connectivity index (χ0) is 37.4. The molecule has 1 N–H and O–H groups in total. The van der Waals surface area contributed by atoms with Gasteiger partial charge in [-0.3, -0.25) is 9.80 Å². The van der Waals surface area contributed by atoms with Gasteiger partial charge in [-0.15, -0.1) is 0 Å². The lowest BCUT2D eigenvalue weighted by molar-refractivity contribution is 0.0692. The first-order chi connectivity index (χ1) is 25.8. The molecule has 4 aromatic carbocycles. The molecule has 4 aliphatic heterocycles. The van der Waals surface area contributed by atoms with Crippen LogP contribution in [0.15, 0.2) is 48.5 Å². The van der Waals surface area contributed by atoms with E-state index in [4.69, 9.17) is 35.0 Å². The summed E-state index contributed by atoms with van der Waals surface area (Å²) in [5.74, 6) is 3.29. The molecule has 0 aliphatic carbocycles. The third kappa shape index (κ3) is 6.36. The Kier molecular flexibility index (Phi) is 10.1. The van der Waals surface area contributed by atoms with Gasteiger partial charge in [0, 0.05) is 49.4 Å². The summed E-state index contributed by atoms with van der Waals surface area (Å²) in [6.45, 7) is 10.9. The Morgan fingerprint density at radius 2 is 1.11 bits per heavy atom. The lowest BCUT2D eigenvalue weighted by atomic mass is 9.83. The summed E-state index contributed by atoms with van der Waals surface area (Å²) >= 11 is 0. The Morgan fingerprint density at radius 1 is 0.642 bits per heavy atom. The van der Waals surface area contributed by atoms with Crippen LogP contribution in [0.3, 0.4) is 0 Å². The molecular weight excluding hydrogens is 674 g/mol. The van der Waals surface area contributed by atoms with Crippen LogP contribution in [0.4, 0.5) is 5.69 Å². The van der Waals surface area contributed by atoms with Gasteiger partial charge in [0.25, 0.3) is 0 Å². The number of benzene rings is 4. The molecular formula is C42H45N3O8. The van der Waals surface area contributed by atoms with E-state index in [0.29, 0.717) is 17.2 Å². The number of carbonyl (C=O) groups is 1. The van der Waals surface area contributed by atoms with Crippen LogP contribution in [0.2, 0.25) is 0 Å². The molecule has 0 amide bonds. The van der Waals surface area contributed by atoms with Gasteiger partial charge in [-0.1, -0.05) is 12.1 Å². The molecule has 11 nitrogen and oxygen atoms in total. The van der Waals surface area contributed by atoms with Gasteiger partial charge >= 0.3 is 5.97 Å². The van der Waals surface area contributed by atoms with E-state index in [-0.39, 0.29) is 17.6 Å². The maximum absolute atomic E-state index is 11.7. The molecule has 11 heteroatoms. The molecule has 0 unspecified atom stereocenters. The summed E-state index contributed by atoms with van der Waals surface area (Å²) in [4.78, 5) is 20.2. The third-order valence-electron chi connectivity index (χ3n) is 11.2. The topological polar surface area (TPSA) is 104 Å². The largest absolute Gasteiger partial charge is 0.508 e. The number of methoxy groups -OCH3 is 6. The van der Waals surface area contributed by atoms with Crippen molar-refractivity contribution in [2.45, 2.75) is 50.9 Å². The van der Waals surface area contributed by atoms with Crippen molar-refractivity contribution in [3.05, 3.63) is 110 Å². The number of nitrogens with zero attached hydrogens (tertiary/aromatic N) is 3. The number of carboxylic acids is 1. The van der Waals surface area contributed by atoms with Gasteiger partial charge in [0.15, 0.2) is 23.0 Å². The number of fused-ring (bicyclic) bond motifs is 8. The Morgan fingerprint density at radius 3 is 1.55 bits per heavy atom. The SMILES string of the molecule is COc1cc2c(cc1C(=O)O)[C@@H]1Cc3ccc(OC)c(OC)c3CN1CC2.[C-]#[N+]c1cc2c(cc1OC)CCN1Cc3c(ccc(OC)c3OC)C[C@@H]21. The van der Waals surface area contributed by atoms with Gasteiger partial charge in [0.1, 0.15) is 17.1 Å². The average Bonchev–Trinajstić information content (AvgIpc) is 3.20. The summed E-state index contributed by atoms with van der Waals surface area (Å²) < 4.78 is 32.8. The van der Waals surface area contributed by atoms with E-state index in [0.717, 1.165) is 86.0 Å². The quantitative estimate of drug-likeness (QED) is 0.201. The maximum atomic E-state index is 11.7. The van der Waals surface area contributed by atoms with E-state index < -0.39 is 5.97 Å². The Bertz CT molecular complexity index is 2110. The van der Waals surface area contributed by atoms with E-state index in [9.17, 15) is 9.90 Å². The first-order valence-corrected chi connectivity index (χ1v) is 17.7. The molecule has 4 aromatic rings. The van der Waals surface area contributed by atoms with Crippen molar-refractivity contribution >= 4 is 11.7 Å². The average molecular weight is 720 g/mol. The molecule has 0 fully saturated rings. The monoisotopic (exact) mass is 719 g/mol. The zero-order valence-electron chi connectivity index (χ0n) is 31.1. The zero-order valence-corrected chi connectivity index (χ0v) is 31.1. The van der Waals surface area contributed by atoms with Gasteiger partial charge in [-0.25, -0.2) is 9.64 Å². The minimum atomic E-state index is -0.964. The molecule has 0 spiro atoms. The number of hydrogen-bond donors (Lipinski definition) is 1. The van der Waals surface area contributed by atoms with Crippen molar-refractivity contribution in [2.75, 3.05) is 55.7 Å². The van der Waals surface area contributed by atoms with Crippen LogP contribution in [-0.2, 0) is 38.8 Å². The lowest BCUT2D eigenvalue weighted by Gasteiger charge is -2.42. The summed E-state index contributed by atoms with van der Waals surface area (Å²) in [5.41, 5.74) is 10.5. The predicted molar refractivity (Wildman–Crippen MR) is 199 cm³/mol. The van der Waals surface area contributed by atoms with Crippen molar-refractivity contribution in [1.29, 1.82) is 0 Å². The fraction of sp³-hybridized carbons (Fsp3) is 0.381. The first-order valence-electron chi connectivity index (χ1n) is 17.7. The first kappa shape index (κ1) is 35.9. The van der Waals surface area contributed by atoms with Crippen LogP contribution < -0.4 is 28.4 Å². The van der Waals surface area contributed by atoms with Gasteiger partial charge < -0.3 is 33.5 Å². The van der Waals surface area contributed by atoms with Crippen molar-refractivity contribution in [3.63, 3.8) is 0 Å². The second kappa shape index (κ2) is 14.9. The highest BCUT2D eigenvalue weighted by Crippen LogP contribution is 2.47. The van der Waals surface area contributed by atoms with Gasteiger partial charge in [-0.05, 0) is 95.5 Å². The summed E-state index contributed by atoms with van der Waals surface area (Å²) in [6.07, 6.45) is 3.55. The van der Waals surface area contributed by atoms with Crippen molar-refractivity contribution in [2.24, 2.45) is 0 Å². The van der Waals surface area contributed by atoms with Crippen LogP contribution in [-0.4, -0.2) is 76.6 Å². The van der Waals surface area contributed by atoms with Crippen molar-refractivity contribution in [1.82, 2.24) is 9.80 Å². The van der Waals surface area contributed by atoms with Crippen LogP contribution in [0.25, 0.3) is 4.85 Å². The van der Waals surface area contributed by atoms with E-state index in [1.807, 2.05) is 30.3 Å². The molecule has 0 aromatic heterocycles. The fourth-order valence-corrected chi connectivity index (χ4v) is 8.61. The normalized spacial score (nSPS) is 18.1. The number of hydrogen-bond acceptors (Lipinski definition) is 9. The molecule has 0 saturated carbocycles. The highest BCUT2D eigenvalue weighted by atomic mass is 16.5. The minimum absolute atomic E-state index is 0.156. The van der Waals surface area contributed by atoms with Crippen LogP contribution in [0, 0.1) is 6.57 Å². The summed E-state index contributed by atoms with van der Waals surface area (Å²) in [7, 11) is 9.83. The fourth-order valence-electron chi connectivity index (χ4n) is 8.61. The molecule has 53 heavy (non-hydrogen) atoms. The summed E-state index contributed by atoms with van der Waals surface area (Å²) in [5, 5.41) is 9.55. The standard InChI is InChI=1S/C21H22N2O3.C21H23NO5/c1-22-17-11-15-14(10-20(17)25-3)7-8-23-12-16-13(9-18(15)23)5-6-19(24-2)21(16)26-4;1-25-18-5-4-12-8-17-14-10-15(21(23)24)19(26-2)9-13(14)6-7-22(17)11-16(12)20(18)27-3/h5-6,10-11,18H,7-9,12H2,2-4H3;4-5,9-10,17H,6-8,11H2,1-3H3,(H,23,24)/t18-;17-/m00/s1. The second-order valence-electron chi connectivity index (χ2n) is 13.6. The predicted octanol–water partition coefficient (Wildman–Crippen LogP) is 6.98. The van der Waals surface area contributed by atoms with Crippen LogP contribution in [0.5, 0.6) is 34.5 Å². The summed E-state index contributed by atoms with van der Waals surface area (Å²) in [6, 6.07) is 16.3. The van der Waals surface area contributed by atoms with E-state index in [1.54, 1.807) is 41.6 Å². The van der Waals surface area contributed by atoms with Gasteiger partial charge in [0.05, 0.1) is 49.2 Å². The third-order valence-corrected chi connectivity index (χ3v) is 11.2. The molecule has 8 rings (SSSR count). The molecule has 4 heterocycles. The molecule has 0 radical (unpaired) electrons. The molecule has 276 valence electrons. The van der Waals surface area contributed by atoms with Gasteiger partial charge in [-0.2, -0.15) is 0 Å². The number of rotatable bonds is 7. The highest BCUT2D eigenvalue weighted by Gasteiger charge is 2.36. The number of carboxylic acid groups (broad SMARTS) is 1. The van der Waals surface area contributed by atoms with Crippen LogP contribution >= 0.6 is 0 Å². The smallest absolute Gasteiger partial charge is 0.339 e. The molecule has 0 saturated heterocycles. The Labute approximate surface area is 310 Å². The van der Waals surface area contributed by atoms with E-state index in [2.05, 4.69) is 26.8 Å². The van der Waals surface area contributed by atoms with Gasteiger partial charge in [0.2, 0.25) is 5.69 Å². The number of aromatic carboxylic acids is 1. The van der Waals surface area contributed by atoms with Crippen molar-refractivity contribution in [3.8, 4) is 34.5 Å². The Balaban J connectivity index is 0.000000164. The second-order valence-corrected chi connectivity index (χ2v) is 13.6. The minimum Gasteiger partial charge on any atom is -0.508 e. The molecule has 2 atom stereocenters. The molecule has 0 bridgehead atoms. The lowest BCUT2D eigenvalue weighted by Crippen LogP contribution is -2.39. The maximum Gasteiger partial charge on any atom is 0.339 e. The highest BCUT2D eigenvalue weighted by molar-refractivity contribution is 5.91. The van der Waals surface area contributed by atoms with E-state index >= 15 is 0 Å². The van der Waals surface area contributed by atoms with Crippen LogP contribution in [0.1, 0.15) is 66.9 Å².